The lowest BCUT2D eigenvalue weighted by Gasteiger charge is -2.22. The molecular weight excluding hydrogens is 234 g/mol. The molecule has 0 aliphatic carbocycles. The Kier molecular flexibility index (Phi) is 2.34. The summed E-state index contributed by atoms with van der Waals surface area (Å²) in [6, 6.07) is 6.04. The number of halogens is 1. The molecule has 0 radical (unpaired) electrons. The van der Waals surface area contributed by atoms with Gasteiger partial charge in [0, 0.05) is 6.54 Å². The second-order valence-electron chi connectivity index (χ2n) is 4.55. The summed E-state index contributed by atoms with van der Waals surface area (Å²) in [6.07, 6.45) is 1.08. The maximum Gasteiger partial charge on any atom is 0.124 e. The highest BCUT2D eigenvalue weighted by Gasteiger charge is 2.22. The minimum Gasteiger partial charge on any atom is -0.327 e. The zero-order valence-electron chi connectivity index (χ0n) is 9.57. The molecule has 2 aromatic rings. The van der Waals surface area contributed by atoms with Crippen LogP contribution in [0.1, 0.15) is 36.2 Å². The van der Waals surface area contributed by atoms with Crippen LogP contribution in [0, 0.1) is 11.3 Å². The van der Waals surface area contributed by atoms with Gasteiger partial charge in [-0.15, -0.1) is 11.6 Å². The van der Waals surface area contributed by atoms with Gasteiger partial charge in [0.2, 0.25) is 0 Å². The minimum absolute atomic E-state index is 0.421. The summed E-state index contributed by atoms with van der Waals surface area (Å²) in [5, 5.41) is 9.04. The molecule has 3 nitrogen and oxygen atoms in total. The molecule has 0 saturated carbocycles. The van der Waals surface area contributed by atoms with Crippen LogP contribution in [0.4, 0.5) is 0 Å². The lowest BCUT2D eigenvalue weighted by Crippen LogP contribution is -2.13. The third kappa shape index (κ3) is 1.44. The largest absolute Gasteiger partial charge is 0.327 e. The fourth-order valence-electron chi connectivity index (χ4n) is 2.61. The van der Waals surface area contributed by atoms with Gasteiger partial charge in [0.05, 0.1) is 28.5 Å². The first-order valence-electron chi connectivity index (χ1n) is 5.73. The van der Waals surface area contributed by atoms with Gasteiger partial charge >= 0.3 is 0 Å². The Bertz CT molecular complexity index is 636. The van der Waals surface area contributed by atoms with Crippen LogP contribution in [0.3, 0.4) is 0 Å². The van der Waals surface area contributed by atoms with Gasteiger partial charge in [0.1, 0.15) is 5.82 Å². The molecule has 4 heteroatoms. The lowest BCUT2D eigenvalue weighted by atomic mass is 9.92. The third-order valence-electron chi connectivity index (χ3n) is 3.52. The molecule has 1 atom stereocenters. The predicted molar refractivity (Wildman–Crippen MR) is 67.0 cm³/mol. The first-order valence-corrected chi connectivity index (χ1v) is 6.27. The highest BCUT2D eigenvalue weighted by Crippen LogP contribution is 2.34. The number of aromatic nitrogens is 2. The molecule has 0 N–H and O–H groups in total. The molecule has 0 saturated heterocycles. The molecule has 1 aromatic heterocycles. The fraction of sp³-hybridized carbons (Fsp3) is 0.385. The van der Waals surface area contributed by atoms with Gasteiger partial charge in [0.15, 0.2) is 0 Å². The first kappa shape index (κ1) is 10.6. The standard InChI is InChI=1S/C13H12ClN3/c1-8-2-3-17-12(6-14)16-11-5-9(7-15)4-10(8)13(11)17/h4-5,8H,2-3,6H2,1H3. The molecule has 1 aliphatic heterocycles. The molecular formula is C13H12ClN3. The molecule has 0 spiro atoms. The van der Waals surface area contributed by atoms with Gasteiger partial charge in [-0.3, -0.25) is 0 Å². The van der Waals surface area contributed by atoms with E-state index in [9.17, 15) is 0 Å². The van der Waals surface area contributed by atoms with E-state index in [1.165, 1.54) is 11.1 Å². The Morgan fingerprint density at radius 2 is 2.41 bits per heavy atom. The van der Waals surface area contributed by atoms with Crippen molar-refractivity contribution in [3.63, 3.8) is 0 Å². The van der Waals surface area contributed by atoms with Gasteiger partial charge in [-0.2, -0.15) is 5.26 Å². The molecule has 0 amide bonds. The summed E-state index contributed by atoms with van der Waals surface area (Å²) >= 11 is 5.92. The highest BCUT2D eigenvalue weighted by molar-refractivity contribution is 6.16. The van der Waals surface area contributed by atoms with Crippen LogP contribution in [-0.2, 0) is 12.4 Å². The molecule has 17 heavy (non-hydrogen) atoms. The summed E-state index contributed by atoms with van der Waals surface area (Å²) in [4.78, 5) is 4.53. The van der Waals surface area contributed by atoms with Crippen LogP contribution in [0.5, 0.6) is 0 Å². The second-order valence-corrected chi connectivity index (χ2v) is 4.82. The van der Waals surface area contributed by atoms with Gasteiger partial charge in [-0.25, -0.2) is 4.98 Å². The van der Waals surface area contributed by atoms with E-state index in [4.69, 9.17) is 16.9 Å². The van der Waals surface area contributed by atoms with E-state index in [2.05, 4.69) is 22.5 Å². The number of benzene rings is 1. The van der Waals surface area contributed by atoms with E-state index in [1.54, 1.807) is 0 Å². The van der Waals surface area contributed by atoms with E-state index in [-0.39, 0.29) is 0 Å². The van der Waals surface area contributed by atoms with Crippen molar-refractivity contribution >= 4 is 22.6 Å². The van der Waals surface area contributed by atoms with Gasteiger partial charge in [0.25, 0.3) is 0 Å². The van der Waals surface area contributed by atoms with Crippen LogP contribution in [0.15, 0.2) is 12.1 Å². The van der Waals surface area contributed by atoms with Crippen LogP contribution in [-0.4, -0.2) is 9.55 Å². The fourth-order valence-corrected chi connectivity index (χ4v) is 2.81. The van der Waals surface area contributed by atoms with E-state index >= 15 is 0 Å². The first-order chi connectivity index (χ1) is 8.24. The molecule has 2 heterocycles. The number of imidazole rings is 1. The van der Waals surface area contributed by atoms with Crippen LogP contribution >= 0.6 is 11.6 Å². The molecule has 3 rings (SSSR count). The van der Waals surface area contributed by atoms with Gasteiger partial charge < -0.3 is 4.57 Å². The number of nitrogens with zero attached hydrogens (tertiary/aromatic N) is 3. The van der Waals surface area contributed by atoms with Crippen molar-refractivity contribution in [2.24, 2.45) is 0 Å². The zero-order chi connectivity index (χ0) is 12.0. The Hall–Kier alpha value is -1.53. The Labute approximate surface area is 105 Å². The van der Waals surface area contributed by atoms with E-state index in [0.717, 1.165) is 24.3 Å². The number of alkyl halides is 1. The van der Waals surface area contributed by atoms with Crippen molar-refractivity contribution in [1.82, 2.24) is 9.55 Å². The summed E-state index contributed by atoms with van der Waals surface area (Å²) in [6.45, 7) is 3.17. The number of aryl methyl sites for hydroxylation is 1. The third-order valence-corrected chi connectivity index (χ3v) is 3.75. The molecule has 1 aliphatic rings. The smallest absolute Gasteiger partial charge is 0.124 e. The maximum absolute atomic E-state index is 9.04. The maximum atomic E-state index is 9.04. The van der Waals surface area contributed by atoms with Crippen molar-refractivity contribution < 1.29 is 0 Å². The molecule has 1 unspecified atom stereocenters. The topological polar surface area (TPSA) is 41.6 Å². The number of rotatable bonds is 1. The number of nitriles is 1. The van der Waals surface area contributed by atoms with Gasteiger partial charge in [-0.1, -0.05) is 6.92 Å². The molecule has 86 valence electrons. The van der Waals surface area contributed by atoms with Crippen molar-refractivity contribution in [3.05, 3.63) is 29.1 Å². The van der Waals surface area contributed by atoms with Crippen LogP contribution in [0.2, 0.25) is 0 Å². The minimum atomic E-state index is 0.421. The lowest BCUT2D eigenvalue weighted by molar-refractivity contribution is 0.550. The predicted octanol–water partition coefficient (Wildman–Crippen LogP) is 3.15. The average molecular weight is 246 g/mol. The van der Waals surface area contributed by atoms with Crippen LogP contribution in [0.25, 0.3) is 11.0 Å². The quantitative estimate of drug-likeness (QED) is 0.725. The summed E-state index contributed by atoms with van der Waals surface area (Å²) < 4.78 is 2.19. The van der Waals surface area contributed by atoms with E-state index in [1.807, 2.05) is 12.1 Å². The SMILES string of the molecule is CC1CCn2c(CCl)nc3cc(C#N)cc1c32. The van der Waals surface area contributed by atoms with Gasteiger partial charge in [-0.05, 0) is 30.0 Å². The highest BCUT2D eigenvalue weighted by atomic mass is 35.5. The monoisotopic (exact) mass is 245 g/mol. The normalized spacial score (nSPS) is 18.3. The van der Waals surface area contributed by atoms with Crippen molar-refractivity contribution in [2.75, 3.05) is 0 Å². The van der Waals surface area contributed by atoms with Crippen LogP contribution < -0.4 is 0 Å². The summed E-state index contributed by atoms with van der Waals surface area (Å²) in [5.41, 5.74) is 3.99. The average Bonchev–Trinajstić information content (AvgIpc) is 2.72. The number of hydrogen-bond donors (Lipinski definition) is 0. The van der Waals surface area contributed by atoms with Crippen molar-refractivity contribution in [1.29, 1.82) is 5.26 Å². The van der Waals surface area contributed by atoms with Crippen molar-refractivity contribution in [2.45, 2.75) is 31.7 Å². The zero-order valence-corrected chi connectivity index (χ0v) is 10.3. The van der Waals surface area contributed by atoms with E-state index < -0.39 is 0 Å². The Morgan fingerprint density at radius 3 is 3.12 bits per heavy atom. The molecule has 0 bridgehead atoms. The van der Waals surface area contributed by atoms with Crippen molar-refractivity contribution in [3.8, 4) is 6.07 Å². The summed E-state index contributed by atoms with van der Waals surface area (Å²) in [5.74, 6) is 1.81. The molecule has 0 fully saturated rings. The van der Waals surface area contributed by atoms with E-state index in [0.29, 0.717) is 17.4 Å². The Balaban J connectivity index is 2.41. The Morgan fingerprint density at radius 1 is 1.59 bits per heavy atom. The second kappa shape index (κ2) is 3.75. The summed E-state index contributed by atoms with van der Waals surface area (Å²) in [7, 11) is 0. The molecule has 1 aromatic carbocycles. The number of hydrogen-bond acceptors (Lipinski definition) is 2.